The van der Waals surface area contributed by atoms with Crippen LogP contribution < -0.4 is 5.32 Å². The maximum Gasteiger partial charge on any atom is 0.261 e. The highest BCUT2D eigenvalue weighted by Crippen LogP contribution is 2.31. The topological polar surface area (TPSA) is 93.3 Å². The van der Waals surface area contributed by atoms with Gasteiger partial charge in [0.1, 0.15) is 23.1 Å². The highest BCUT2D eigenvalue weighted by molar-refractivity contribution is 6.01. The first kappa shape index (κ1) is 18.5. The normalized spacial score (nSPS) is 13.5. The van der Waals surface area contributed by atoms with Gasteiger partial charge in [-0.3, -0.25) is 4.79 Å². The number of amides is 1. The van der Waals surface area contributed by atoms with Crippen LogP contribution in [0.25, 0.3) is 6.08 Å². The van der Waals surface area contributed by atoms with Crippen LogP contribution in [0, 0.1) is 11.3 Å². The molecular weight excluding hydrogens is 340 g/mol. The summed E-state index contributed by atoms with van der Waals surface area (Å²) >= 11 is 0. The average molecular weight is 362 g/mol. The Morgan fingerprint density at radius 1 is 1.15 bits per heavy atom. The number of fused-ring (bicyclic) bond motifs is 1. The van der Waals surface area contributed by atoms with Crippen molar-refractivity contribution in [1.82, 2.24) is 5.32 Å². The predicted molar refractivity (Wildman–Crippen MR) is 103 cm³/mol. The fourth-order valence-corrected chi connectivity index (χ4v) is 3.35. The summed E-state index contributed by atoms with van der Waals surface area (Å²) in [5.41, 5.74) is 3.73. The van der Waals surface area contributed by atoms with Gasteiger partial charge in [0.15, 0.2) is 0 Å². The van der Waals surface area contributed by atoms with Gasteiger partial charge in [-0.15, -0.1) is 0 Å². The van der Waals surface area contributed by atoms with Crippen molar-refractivity contribution in [2.45, 2.75) is 32.1 Å². The maximum absolute atomic E-state index is 12.3. The number of nitrogens with zero attached hydrogens (tertiary/aromatic N) is 1. The molecule has 0 bridgehead atoms. The van der Waals surface area contributed by atoms with Gasteiger partial charge in [-0.2, -0.15) is 5.26 Å². The van der Waals surface area contributed by atoms with Gasteiger partial charge < -0.3 is 15.5 Å². The second-order valence-corrected chi connectivity index (χ2v) is 6.73. The quantitative estimate of drug-likeness (QED) is 0.562. The monoisotopic (exact) mass is 362 g/mol. The van der Waals surface area contributed by atoms with Crippen LogP contribution in [0.3, 0.4) is 0 Å². The molecule has 0 spiro atoms. The first-order chi connectivity index (χ1) is 13.1. The summed E-state index contributed by atoms with van der Waals surface area (Å²) in [7, 11) is 0. The molecule has 0 heterocycles. The molecule has 3 rings (SSSR count). The molecule has 5 nitrogen and oxygen atoms in total. The second-order valence-electron chi connectivity index (χ2n) is 6.73. The first-order valence-corrected chi connectivity index (χ1v) is 9.09. The average Bonchev–Trinajstić information content (AvgIpc) is 2.67. The predicted octanol–water partition coefficient (Wildman–Crippen LogP) is 3.24. The number of nitriles is 1. The number of phenolic OH excluding ortho intramolecular Hbond substituents is 2. The Bertz CT molecular complexity index is 908. The standard InChI is InChI=1S/C22H22N2O3/c23-14-18(22(27)24-10-9-15-5-7-19(25)8-6-15)12-16-11-17-3-1-2-4-20(17)21(26)13-16/h5-8,11-13,25-26H,1-4,9-10H2,(H,24,27). The van der Waals surface area contributed by atoms with Gasteiger partial charge in [-0.1, -0.05) is 18.2 Å². The van der Waals surface area contributed by atoms with Crippen LogP contribution in [-0.4, -0.2) is 22.7 Å². The third-order valence-electron chi connectivity index (χ3n) is 4.78. The van der Waals surface area contributed by atoms with Crippen LogP contribution in [0.15, 0.2) is 42.0 Å². The molecule has 27 heavy (non-hydrogen) atoms. The summed E-state index contributed by atoms with van der Waals surface area (Å²) in [4.78, 5) is 12.3. The van der Waals surface area contributed by atoms with Crippen molar-refractivity contribution in [1.29, 1.82) is 5.26 Å². The smallest absolute Gasteiger partial charge is 0.261 e. The Morgan fingerprint density at radius 3 is 2.63 bits per heavy atom. The molecule has 1 aliphatic carbocycles. The van der Waals surface area contributed by atoms with Crippen LogP contribution in [0.4, 0.5) is 0 Å². The Morgan fingerprint density at radius 2 is 1.89 bits per heavy atom. The number of hydrogen-bond acceptors (Lipinski definition) is 4. The molecule has 2 aromatic rings. The van der Waals surface area contributed by atoms with E-state index >= 15 is 0 Å². The highest BCUT2D eigenvalue weighted by atomic mass is 16.3. The Hall–Kier alpha value is -3.26. The Balaban J connectivity index is 1.67. The lowest BCUT2D eigenvalue weighted by atomic mass is 9.89. The zero-order chi connectivity index (χ0) is 19.2. The summed E-state index contributed by atoms with van der Waals surface area (Å²) in [6.45, 7) is 0.387. The molecule has 0 fully saturated rings. The van der Waals surface area contributed by atoms with Crippen LogP contribution in [-0.2, 0) is 24.1 Å². The van der Waals surface area contributed by atoms with Crippen molar-refractivity contribution in [2.24, 2.45) is 0 Å². The van der Waals surface area contributed by atoms with E-state index in [0.29, 0.717) is 18.5 Å². The molecule has 3 N–H and O–H groups in total. The third kappa shape index (κ3) is 4.68. The second kappa shape index (κ2) is 8.41. The Labute approximate surface area is 158 Å². The lowest BCUT2D eigenvalue weighted by molar-refractivity contribution is -0.117. The molecule has 138 valence electrons. The van der Waals surface area contributed by atoms with Crippen molar-refractivity contribution >= 4 is 12.0 Å². The molecule has 0 saturated heterocycles. The number of hydrogen-bond donors (Lipinski definition) is 3. The minimum atomic E-state index is -0.437. The fraction of sp³-hybridized carbons (Fsp3) is 0.273. The van der Waals surface area contributed by atoms with E-state index < -0.39 is 5.91 Å². The number of aromatic hydroxyl groups is 2. The van der Waals surface area contributed by atoms with Gasteiger partial charge in [0, 0.05) is 6.54 Å². The summed E-state index contributed by atoms with van der Waals surface area (Å²) < 4.78 is 0. The van der Waals surface area contributed by atoms with Gasteiger partial charge in [-0.25, -0.2) is 0 Å². The third-order valence-corrected chi connectivity index (χ3v) is 4.78. The lowest BCUT2D eigenvalue weighted by Crippen LogP contribution is -2.26. The number of aryl methyl sites for hydroxylation is 1. The van der Waals surface area contributed by atoms with Crippen LogP contribution in [0.2, 0.25) is 0 Å². The molecule has 0 saturated carbocycles. The number of nitrogens with one attached hydrogen (secondary N) is 1. The highest BCUT2D eigenvalue weighted by Gasteiger charge is 2.15. The van der Waals surface area contributed by atoms with E-state index in [2.05, 4.69) is 5.32 Å². The molecule has 0 aromatic heterocycles. The van der Waals surface area contributed by atoms with Crippen molar-refractivity contribution < 1.29 is 15.0 Å². The van der Waals surface area contributed by atoms with Crippen molar-refractivity contribution in [3.05, 3.63) is 64.2 Å². The molecule has 1 amide bonds. The summed E-state index contributed by atoms with van der Waals surface area (Å²) in [6, 6.07) is 12.3. The number of phenols is 2. The van der Waals surface area contributed by atoms with Gasteiger partial charge in [-0.05, 0) is 78.6 Å². The Kier molecular flexibility index (Phi) is 5.77. The molecule has 0 aliphatic heterocycles. The molecule has 0 atom stereocenters. The SMILES string of the molecule is N#CC(=Cc1cc(O)c2c(c1)CCCC2)C(=O)NCCc1ccc(O)cc1. The molecule has 5 heteroatoms. The summed E-state index contributed by atoms with van der Waals surface area (Å²) in [6.07, 6.45) is 6.05. The number of carbonyl (C=O) groups excluding carboxylic acids is 1. The minimum Gasteiger partial charge on any atom is -0.508 e. The molecule has 0 unspecified atom stereocenters. The van der Waals surface area contributed by atoms with E-state index in [1.54, 1.807) is 30.3 Å². The zero-order valence-corrected chi connectivity index (χ0v) is 15.0. The minimum absolute atomic E-state index is 0.0101. The number of carbonyl (C=O) groups is 1. The number of rotatable bonds is 5. The lowest BCUT2D eigenvalue weighted by Gasteiger charge is -2.17. The van der Waals surface area contributed by atoms with Gasteiger partial charge in [0.05, 0.1) is 0 Å². The van der Waals surface area contributed by atoms with Crippen LogP contribution in [0.5, 0.6) is 11.5 Å². The van der Waals surface area contributed by atoms with Gasteiger partial charge >= 0.3 is 0 Å². The first-order valence-electron chi connectivity index (χ1n) is 9.09. The van der Waals surface area contributed by atoms with Crippen molar-refractivity contribution in [3.8, 4) is 17.6 Å². The van der Waals surface area contributed by atoms with E-state index in [-0.39, 0.29) is 17.1 Å². The van der Waals surface area contributed by atoms with Crippen LogP contribution in [0.1, 0.15) is 35.1 Å². The van der Waals surface area contributed by atoms with Crippen molar-refractivity contribution in [3.63, 3.8) is 0 Å². The molecule has 1 aliphatic rings. The largest absolute Gasteiger partial charge is 0.508 e. The van der Waals surface area contributed by atoms with E-state index in [4.69, 9.17) is 0 Å². The van der Waals surface area contributed by atoms with E-state index in [9.17, 15) is 20.3 Å². The van der Waals surface area contributed by atoms with E-state index in [0.717, 1.165) is 42.4 Å². The van der Waals surface area contributed by atoms with Crippen molar-refractivity contribution in [2.75, 3.05) is 6.54 Å². The van der Waals surface area contributed by atoms with Crippen LogP contribution >= 0.6 is 0 Å². The fourth-order valence-electron chi connectivity index (χ4n) is 3.35. The zero-order valence-electron chi connectivity index (χ0n) is 15.0. The molecule has 0 radical (unpaired) electrons. The molecular formula is C22H22N2O3. The van der Waals surface area contributed by atoms with E-state index in [1.165, 1.54) is 6.08 Å². The maximum atomic E-state index is 12.3. The summed E-state index contributed by atoms with van der Waals surface area (Å²) in [5.74, 6) is 0.00255. The summed E-state index contributed by atoms with van der Waals surface area (Å²) in [5, 5.41) is 31.6. The van der Waals surface area contributed by atoms with Gasteiger partial charge in [0.2, 0.25) is 0 Å². The molecule has 2 aromatic carbocycles. The van der Waals surface area contributed by atoms with Gasteiger partial charge in [0.25, 0.3) is 5.91 Å². The number of benzene rings is 2. The van der Waals surface area contributed by atoms with E-state index in [1.807, 2.05) is 12.1 Å².